The number of hydrogen-bond donors (Lipinski definition) is 4. The van der Waals surface area contributed by atoms with Gasteiger partial charge in [-0.25, -0.2) is 0 Å². The lowest BCUT2D eigenvalue weighted by atomic mass is 9.50. The van der Waals surface area contributed by atoms with Crippen LogP contribution in [0, 0.1) is 30.6 Å². The molecule has 2 saturated carbocycles. The van der Waals surface area contributed by atoms with Crippen LogP contribution in [0.2, 0.25) is 0 Å². The monoisotopic (exact) mass is 549 g/mol. The summed E-state index contributed by atoms with van der Waals surface area (Å²) in [5.74, 6) is -14.2. The third-order valence-electron chi connectivity index (χ3n) is 8.53. The highest BCUT2D eigenvalue weighted by atomic mass is 16.5. The molecular weight excluding hydrogens is 522 g/mol. The number of Topliss-reactive ketones (excluding diaryl/α,β-unsaturated/α-hetero) is 4. The first-order chi connectivity index (χ1) is 18.8. The summed E-state index contributed by atoms with van der Waals surface area (Å²) < 4.78 is 5.30. The van der Waals surface area contributed by atoms with Crippen LogP contribution in [0.25, 0.3) is 0 Å². The number of hydrogen-bond acceptors (Lipinski definition) is 10. The van der Waals surface area contributed by atoms with Crippen LogP contribution in [0.3, 0.4) is 0 Å². The van der Waals surface area contributed by atoms with E-state index in [0.29, 0.717) is 5.56 Å². The van der Waals surface area contributed by atoms with Crippen molar-refractivity contribution in [2.75, 3.05) is 0 Å². The standard InChI is InChI=1S/C29H27NO10/c1-11-3-6-14(7-4-11)40-18(32)9-13-5-8-15-12(2)19-22(25(35)20(15)23(13)33)27(37)29(39)16(24(19)34)10-17(31)21(26(29)36)28(30)38/h3-8,12,16,19,21-22,24,33-34,39H,9-10H2,1-2H3,(H2,30,38). The molecule has 3 aliphatic carbocycles. The first-order valence-electron chi connectivity index (χ1n) is 12.8. The zero-order chi connectivity index (χ0) is 29.3. The van der Waals surface area contributed by atoms with Gasteiger partial charge in [0, 0.05) is 23.8 Å². The summed E-state index contributed by atoms with van der Waals surface area (Å²) >= 11 is 0. The molecule has 0 radical (unpaired) electrons. The van der Waals surface area contributed by atoms with E-state index in [1.807, 2.05) is 6.92 Å². The maximum atomic E-state index is 13.7. The highest BCUT2D eigenvalue weighted by molar-refractivity contribution is 6.31. The van der Waals surface area contributed by atoms with Gasteiger partial charge in [0.25, 0.3) is 0 Å². The summed E-state index contributed by atoms with van der Waals surface area (Å²) in [6.45, 7) is 3.47. The summed E-state index contributed by atoms with van der Waals surface area (Å²) in [4.78, 5) is 77.4. The minimum atomic E-state index is -2.99. The van der Waals surface area contributed by atoms with Crippen LogP contribution in [-0.2, 0) is 30.4 Å². The number of aryl methyl sites for hydroxylation is 1. The molecule has 0 aromatic heterocycles. The third kappa shape index (κ3) is 3.88. The predicted octanol–water partition coefficient (Wildman–Crippen LogP) is 0.315. The second-order valence-corrected chi connectivity index (χ2v) is 10.8. The Bertz CT molecular complexity index is 1490. The number of nitrogens with two attached hydrogens (primary N) is 1. The Labute approximate surface area is 227 Å². The highest BCUT2D eigenvalue weighted by Gasteiger charge is 2.69. The van der Waals surface area contributed by atoms with Crippen molar-refractivity contribution in [3.05, 3.63) is 58.7 Å². The Morgan fingerprint density at radius 3 is 2.33 bits per heavy atom. The van der Waals surface area contributed by atoms with Gasteiger partial charge in [-0.2, -0.15) is 0 Å². The number of aliphatic hydroxyl groups is 2. The van der Waals surface area contributed by atoms with Crippen molar-refractivity contribution in [3.63, 3.8) is 0 Å². The summed E-state index contributed by atoms with van der Waals surface area (Å²) in [6, 6.07) is 9.65. The highest BCUT2D eigenvalue weighted by Crippen LogP contribution is 2.54. The van der Waals surface area contributed by atoms with Crippen molar-refractivity contribution in [1.82, 2.24) is 0 Å². The van der Waals surface area contributed by atoms with Crippen molar-refractivity contribution in [3.8, 4) is 11.5 Å². The number of carbonyl (C=O) groups is 6. The number of ether oxygens (including phenoxy) is 1. The average Bonchev–Trinajstić information content (AvgIpc) is 2.89. The number of rotatable bonds is 4. The van der Waals surface area contributed by atoms with E-state index >= 15 is 0 Å². The molecule has 0 spiro atoms. The van der Waals surface area contributed by atoms with Gasteiger partial charge in [0.05, 0.1) is 24.0 Å². The topological polar surface area (TPSA) is 198 Å². The Hall–Kier alpha value is -4.22. The Morgan fingerprint density at radius 1 is 1.05 bits per heavy atom. The molecule has 1 amide bonds. The van der Waals surface area contributed by atoms with Gasteiger partial charge in [-0.1, -0.05) is 36.8 Å². The van der Waals surface area contributed by atoms with Crippen LogP contribution in [0.4, 0.5) is 0 Å². The number of esters is 1. The summed E-state index contributed by atoms with van der Waals surface area (Å²) in [6.07, 6.45) is -2.72. The van der Waals surface area contributed by atoms with E-state index in [1.165, 1.54) is 12.1 Å². The molecule has 40 heavy (non-hydrogen) atoms. The Balaban J connectivity index is 1.51. The van der Waals surface area contributed by atoms with Gasteiger partial charge in [0.2, 0.25) is 5.91 Å². The summed E-state index contributed by atoms with van der Waals surface area (Å²) in [5.41, 5.74) is 3.21. The lowest BCUT2D eigenvalue weighted by molar-refractivity contribution is -0.189. The molecule has 208 valence electrons. The zero-order valence-corrected chi connectivity index (χ0v) is 21.6. The molecule has 0 heterocycles. The number of fused-ring (bicyclic) bond motifs is 3. The summed E-state index contributed by atoms with van der Waals surface area (Å²) in [7, 11) is 0. The molecule has 2 aromatic rings. The van der Waals surface area contributed by atoms with E-state index in [1.54, 1.807) is 31.2 Å². The average molecular weight is 550 g/mol. The van der Waals surface area contributed by atoms with Crippen LogP contribution in [0.5, 0.6) is 11.5 Å². The van der Waals surface area contributed by atoms with Gasteiger partial charge in [-0.15, -0.1) is 0 Å². The van der Waals surface area contributed by atoms with Crippen molar-refractivity contribution in [2.24, 2.45) is 29.4 Å². The minimum Gasteiger partial charge on any atom is -0.507 e. The van der Waals surface area contributed by atoms with Crippen molar-refractivity contribution < 1.29 is 48.8 Å². The van der Waals surface area contributed by atoms with Crippen LogP contribution in [0.15, 0.2) is 36.4 Å². The quantitative estimate of drug-likeness (QED) is 0.234. The molecule has 0 aliphatic heterocycles. The number of benzene rings is 2. The van der Waals surface area contributed by atoms with Crippen molar-refractivity contribution >= 4 is 35.0 Å². The van der Waals surface area contributed by atoms with Crippen LogP contribution < -0.4 is 10.5 Å². The van der Waals surface area contributed by atoms with E-state index in [0.717, 1.165) is 5.56 Å². The number of aliphatic hydroxyl groups excluding tert-OH is 1. The molecule has 5 N–H and O–H groups in total. The van der Waals surface area contributed by atoms with Gasteiger partial charge < -0.3 is 25.8 Å². The number of carbonyl (C=O) groups excluding carboxylic acids is 6. The largest absolute Gasteiger partial charge is 0.507 e. The number of phenols is 1. The SMILES string of the molecule is Cc1ccc(OC(=O)Cc2ccc3c(c2O)C(=O)C2C(=O)C4(O)C(=O)C(C(N)=O)C(=O)CC4C(O)C2C3C)cc1. The lowest BCUT2D eigenvalue weighted by Crippen LogP contribution is -2.72. The smallest absolute Gasteiger partial charge is 0.315 e. The molecule has 5 rings (SSSR count). The van der Waals surface area contributed by atoms with Gasteiger partial charge in [-0.05, 0) is 30.5 Å². The van der Waals surface area contributed by atoms with Gasteiger partial charge in [-0.3, -0.25) is 28.8 Å². The number of ketones is 4. The maximum absolute atomic E-state index is 13.7. The molecule has 2 fully saturated rings. The number of phenolic OH excluding ortho intramolecular Hbond substituents is 1. The number of primary amides is 1. The molecule has 0 saturated heterocycles. The molecule has 7 atom stereocenters. The van der Waals surface area contributed by atoms with Gasteiger partial charge in [0.15, 0.2) is 34.7 Å². The second-order valence-electron chi connectivity index (χ2n) is 10.8. The second kappa shape index (κ2) is 9.46. The molecule has 2 aromatic carbocycles. The molecule has 7 unspecified atom stereocenters. The van der Waals surface area contributed by atoms with E-state index in [2.05, 4.69) is 0 Å². The number of amides is 1. The molecular formula is C29H27NO10. The van der Waals surface area contributed by atoms with E-state index in [9.17, 15) is 44.1 Å². The minimum absolute atomic E-state index is 0.0448. The molecule has 0 bridgehead atoms. The number of aromatic hydroxyl groups is 1. The normalized spacial score (nSPS) is 31.2. The predicted molar refractivity (Wildman–Crippen MR) is 135 cm³/mol. The fourth-order valence-corrected chi connectivity index (χ4v) is 6.47. The maximum Gasteiger partial charge on any atom is 0.315 e. The van der Waals surface area contributed by atoms with E-state index in [4.69, 9.17) is 10.5 Å². The van der Waals surface area contributed by atoms with Gasteiger partial charge in [0.1, 0.15) is 11.5 Å². The fourth-order valence-electron chi connectivity index (χ4n) is 6.47. The van der Waals surface area contributed by atoms with E-state index in [-0.39, 0.29) is 16.9 Å². The molecule has 11 heteroatoms. The van der Waals surface area contributed by atoms with Crippen molar-refractivity contribution in [1.29, 1.82) is 0 Å². The lowest BCUT2D eigenvalue weighted by Gasteiger charge is -2.52. The molecule has 11 nitrogen and oxygen atoms in total. The van der Waals surface area contributed by atoms with Crippen LogP contribution in [-0.4, -0.2) is 62.0 Å². The first-order valence-corrected chi connectivity index (χ1v) is 12.8. The van der Waals surface area contributed by atoms with Crippen LogP contribution >= 0.6 is 0 Å². The van der Waals surface area contributed by atoms with Crippen LogP contribution in [0.1, 0.15) is 46.3 Å². The van der Waals surface area contributed by atoms with Gasteiger partial charge >= 0.3 is 5.97 Å². The Morgan fingerprint density at radius 2 is 1.70 bits per heavy atom. The summed E-state index contributed by atoms with van der Waals surface area (Å²) in [5, 5.41) is 33.7. The van der Waals surface area contributed by atoms with Crippen molar-refractivity contribution in [2.45, 2.75) is 44.3 Å². The third-order valence-corrected chi connectivity index (χ3v) is 8.53. The zero-order valence-electron chi connectivity index (χ0n) is 21.6. The van der Waals surface area contributed by atoms with E-state index < -0.39 is 94.9 Å². The Kier molecular flexibility index (Phi) is 6.47. The molecule has 3 aliphatic rings. The first kappa shape index (κ1) is 27.4. The fraction of sp³-hybridized carbons (Fsp3) is 0.379.